The molecule has 0 aliphatic heterocycles. The van der Waals surface area contributed by atoms with E-state index in [1.165, 1.54) is 17.4 Å². The molecule has 0 spiro atoms. The fraction of sp³-hybridized carbons (Fsp3) is 0.200. The van der Waals surface area contributed by atoms with Gasteiger partial charge in [0.25, 0.3) is 17.7 Å². The van der Waals surface area contributed by atoms with Crippen LogP contribution in [0.3, 0.4) is 0 Å². The predicted octanol–water partition coefficient (Wildman–Crippen LogP) is 0.467. The molecule has 4 amide bonds. The summed E-state index contributed by atoms with van der Waals surface area (Å²) < 4.78 is 0. The lowest BCUT2D eigenvalue weighted by Gasteiger charge is -2.07. The first-order valence-electron chi connectivity index (χ1n) is 11.0. The molecule has 0 unspecified atom stereocenters. The maximum atomic E-state index is 12.6. The molecular weight excluding hydrogens is 448 g/mol. The molecule has 3 aromatic rings. The summed E-state index contributed by atoms with van der Waals surface area (Å²) in [5, 5.41) is 6.95. The molecule has 0 fully saturated rings. The number of carbonyl (C=O) groups is 4. The number of carbonyl (C=O) groups excluding carboxylic acids is 4. The van der Waals surface area contributed by atoms with Gasteiger partial charge >= 0.3 is 5.91 Å². The second kappa shape index (κ2) is 11.6. The molecule has 10 heteroatoms. The molecule has 6 N–H and O–H groups in total. The zero-order valence-electron chi connectivity index (χ0n) is 19.5. The largest absolute Gasteiger partial charge is 0.364 e. The van der Waals surface area contributed by atoms with E-state index in [1.807, 2.05) is 38.1 Å². The van der Waals surface area contributed by atoms with Crippen molar-refractivity contribution in [3.05, 3.63) is 94.1 Å². The van der Waals surface area contributed by atoms with Crippen LogP contribution in [0.4, 0.5) is 0 Å². The lowest BCUT2D eigenvalue weighted by Crippen LogP contribution is -2.86. The number of rotatable bonds is 9. The maximum absolute atomic E-state index is 12.6. The Morgan fingerprint density at radius 1 is 0.829 bits per heavy atom. The molecule has 2 heterocycles. The van der Waals surface area contributed by atoms with Gasteiger partial charge in [-0.15, -0.1) is 0 Å². The Morgan fingerprint density at radius 2 is 1.43 bits per heavy atom. The molecule has 0 saturated heterocycles. The van der Waals surface area contributed by atoms with E-state index in [0.29, 0.717) is 13.1 Å². The highest BCUT2D eigenvalue weighted by atomic mass is 16.2. The molecule has 0 aliphatic carbocycles. The van der Waals surface area contributed by atoms with Gasteiger partial charge in [0.05, 0.1) is 0 Å². The van der Waals surface area contributed by atoms with Crippen molar-refractivity contribution >= 4 is 23.6 Å². The minimum absolute atomic E-state index is 0.0223. The Labute approximate surface area is 202 Å². The molecule has 0 saturated carbocycles. The Balaban J connectivity index is 1.55. The van der Waals surface area contributed by atoms with Gasteiger partial charge in [-0.1, -0.05) is 30.3 Å². The molecule has 180 valence electrons. The first kappa shape index (κ1) is 25.2. The molecule has 35 heavy (non-hydrogen) atoms. The van der Waals surface area contributed by atoms with Crippen molar-refractivity contribution in [3.63, 3.8) is 0 Å². The first-order valence-corrected chi connectivity index (χ1v) is 11.0. The van der Waals surface area contributed by atoms with Crippen molar-refractivity contribution in [2.24, 2.45) is 5.73 Å². The van der Waals surface area contributed by atoms with Crippen molar-refractivity contribution < 1.29 is 24.5 Å². The number of pyridine rings is 2. The summed E-state index contributed by atoms with van der Waals surface area (Å²) >= 11 is 0. The molecule has 2 aromatic heterocycles. The standard InChI is InChI=1S/C25H26N6O4/c1-3-27-24(34)20-11-15(2)12-21(31-20)25(35)29-14-17-9-7-16(8-10-17)13-28-23(33)19-6-4-5-18(30-19)22(26)32/h4-12H,3,13-14H2,1-2H3,(H2,26,32)(H,27,34)(H,28,33)(H,29,35)/p+1. The van der Waals surface area contributed by atoms with Crippen LogP contribution < -0.4 is 21.7 Å². The summed E-state index contributed by atoms with van der Waals surface area (Å²) in [5.74, 6) is -1.70. The zero-order valence-corrected chi connectivity index (χ0v) is 19.5. The number of hydrogen-bond acceptors (Lipinski definition) is 6. The van der Waals surface area contributed by atoms with Crippen LogP contribution in [0.2, 0.25) is 0 Å². The smallest absolute Gasteiger partial charge is 0.361 e. The number of nitrogens with one attached hydrogen (secondary N) is 2. The van der Waals surface area contributed by atoms with E-state index in [0.717, 1.165) is 16.7 Å². The van der Waals surface area contributed by atoms with Crippen molar-refractivity contribution in [1.29, 1.82) is 0 Å². The number of benzene rings is 1. The fourth-order valence-corrected chi connectivity index (χ4v) is 3.24. The number of amides is 4. The number of nitrogens with zero attached hydrogens (tertiary/aromatic N) is 2. The summed E-state index contributed by atoms with van der Waals surface area (Å²) in [5.41, 5.74) is 8.29. The minimum Gasteiger partial charge on any atom is -0.364 e. The Kier molecular flexibility index (Phi) is 8.36. The Bertz CT molecular complexity index is 1260. The SMILES string of the molecule is CCNC(=O)c1cc(C)cc(C(=O)[NH2+]Cc2ccc(CNC(=O)c3cccc(C(N)=O)n3)cc2)n1. The molecule has 0 bridgehead atoms. The van der Waals surface area contributed by atoms with Crippen molar-refractivity contribution in [2.75, 3.05) is 6.54 Å². The van der Waals surface area contributed by atoms with Crippen LogP contribution in [0.5, 0.6) is 0 Å². The molecule has 1 aromatic carbocycles. The lowest BCUT2D eigenvalue weighted by atomic mass is 10.1. The average molecular weight is 476 g/mol. The number of hydrogen-bond donors (Lipinski definition) is 4. The average Bonchev–Trinajstić information content (AvgIpc) is 2.86. The van der Waals surface area contributed by atoms with Gasteiger partial charge in [0.2, 0.25) is 0 Å². The van der Waals surface area contributed by atoms with Crippen LogP contribution in [0.25, 0.3) is 0 Å². The summed E-state index contributed by atoms with van der Waals surface area (Å²) in [6.45, 7) is 4.75. The van der Waals surface area contributed by atoms with Crippen LogP contribution in [-0.2, 0) is 13.1 Å². The molecule has 0 atom stereocenters. The fourth-order valence-electron chi connectivity index (χ4n) is 3.24. The zero-order chi connectivity index (χ0) is 25.4. The minimum atomic E-state index is -0.703. The van der Waals surface area contributed by atoms with Crippen LogP contribution >= 0.6 is 0 Å². The van der Waals surface area contributed by atoms with Gasteiger partial charge < -0.3 is 16.4 Å². The van der Waals surface area contributed by atoms with Crippen LogP contribution in [0, 0.1) is 6.92 Å². The van der Waals surface area contributed by atoms with Crippen LogP contribution in [-0.4, -0.2) is 40.1 Å². The first-order chi connectivity index (χ1) is 16.8. The van der Waals surface area contributed by atoms with Crippen LogP contribution in [0.15, 0.2) is 54.6 Å². The molecule has 10 nitrogen and oxygen atoms in total. The normalized spacial score (nSPS) is 10.5. The number of quaternary nitrogens is 1. The van der Waals surface area contributed by atoms with E-state index in [1.54, 1.807) is 18.2 Å². The second-order valence-corrected chi connectivity index (χ2v) is 7.82. The van der Waals surface area contributed by atoms with E-state index in [4.69, 9.17) is 5.73 Å². The summed E-state index contributed by atoms with van der Waals surface area (Å²) in [6.07, 6.45) is 0. The highest BCUT2D eigenvalue weighted by molar-refractivity contribution is 5.95. The van der Waals surface area contributed by atoms with Gasteiger partial charge in [-0.25, -0.2) is 14.8 Å². The molecule has 0 radical (unpaired) electrons. The molecule has 3 rings (SSSR count). The van der Waals surface area contributed by atoms with Gasteiger partial charge in [0, 0.05) is 18.7 Å². The Morgan fingerprint density at radius 3 is 2.11 bits per heavy atom. The van der Waals surface area contributed by atoms with Gasteiger partial charge in [-0.05, 0) is 49.2 Å². The van der Waals surface area contributed by atoms with Gasteiger partial charge in [-0.2, -0.15) is 0 Å². The highest BCUT2D eigenvalue weighted by Gasteiger charge is 2.16. The maximum Gasteiger partial charge on any atom is 0.361 e. The van der Waals surface area contributed by atoms with Gasteiger partial charge in [0.1, 0.15) is 23.6 Å². The van der Waals surface area contributed by atoms with E-state index >= 15 is 0 Å². The summed E-state index contributed by atoms with van der Waals surface area (Å²) in [7, 11) is 0. The summed E-state index contributed by atoms with van der Waals surface area (Å²) in [6, 6.07) is 15.2. The van der Waals surface area contributed by atoms with E-state index in [9.17, 15) is 19.2 Å². The third-order valence-electron chi connectivity index (χ3n) is 5.03. The third kappa shape index (κ3) is 7.02. The second-order valence-electron chi connectivity index (χ2n) is 7.82. The predicted molar refractivity (Wildman–Crippen MR) is 127 cm³/mol. The van der Waals surface area contributed by atoms with Crippen molar-refractivity contribution in [3.8, 4) is 0 Å². The van der Waals surface area contributed by atoms with Crippen molar-refractivity contribution in [2.45, 2.75) is 26.9 Å². The number of nitrogens with two attached hydrogens (primary N) is 2. The van der Waals surface area contributed by atoms with Gasteiger partial charge in [-0.3, -0.25) is 19.7 Å². The number of aryl methyl sites for hydroxylation is 1. The van der Waals surface area contributed by atoms with Crippen molar-refractivity contribution in [1.82, 2.24) is 20.6 Å². The molecule has 0 aliphatic rings. The molecular formula is C25H27N6O4+. The number of aromatic nitrogens is 2. The highest BCUT2D eigenvalue weighted by Crippen LogP contribution is 2.07. The monoisotopic (exact) mass is 475 g/mol. The number of primary amides is 2. The van der Waals surface area contributed by atoms with Gasteiger partial charge in [0.15, 0.2) is 5.69 Å². The van der Waals surface area contributed by atoms with E-state index in [2.05, 4.69) is 20.6 Å². The van der Waals surface area contributed by atoms with E-state index < -0.39 is 11.8 Å². The summed E-state index contributed by atoms with van der Waals surface area (Å²) in [4.78, 5) is 56.3. The third-order valence-corrected chi connectivity index (χ3v) is 5.03. The van der Waals surface area contributed by atoms with E-state index in [-0.39, 0.29) is 41.1 Å². The Hall–Kier alpha value is -4.44. The lowest BCUT2D eigenvalue weighted by molar-refractivity contribution is -0.572. The topological polar surface area (TPSA) is 161 Å². The quantitative estimate of drug-likeness (QED) is 0.352. The van der Waals surface area contributed by atoms with Crippen LogP contribution in [0.1, 0.15) is 65.6 Å².